The molecule has 32 heavy (non-hydrogen) atoms. The van der Waals surface area contributed by atoms with E-state index in [9.17, 15) is 14.4 Å². The number of nitrogens with one attached hydrogen (secondary N) is 3. The van der Waals surface area contributed by atoms with Gasteiger partial charge in [-0.1, -0.05) is 19.1 Å². The number of ether oxygens (including phenoxy) is 2. The number of rotatable bonds is 10. The normalized spacial score (nSPS) is 11.5. The molecule has 0 spiro atoms. The van der Waals surface area contributed by atoms with Gasteiger partial charge in [-0.25, -0.2) is 5.43 Å². The maximum Gasteiger partial charge on any atom is 0.329 e. The van der Waals surface area contributed by atoms with Crippen molar-refractivity contribution in [3.63, 3.8) is 0 Å². The van der Waals surface area contributed by atoms with Crippen LogP contribution in [0.4, 0.5) is 5.69 Å². The SMILES string of the molecule is CCOc1ccc(NC(=O)COc2cccc(/C=N\NC(=O)C(=O)N[C@H](C)CC)c2)cc1. The van der Waals surface area contributed by atoms with E-state index < -0.39 is 11.8 Å². The maximum absolute atomic E-state index is 12.1. The molecule has 0 heterocycles. The van der Waals surface area contributed by atoms with Crippen molar-refractivity contribution in [1.82, 2.24) is 10.7 Å². The van der Waals surface area contributed by atoms with Crippen LogP contribution >= 0.6 is 0 Å². The number of anilines is 1. The van der Waals surface area contributed by atoms with E-state index in [4.69, 9.17) is 9.47 Å². The van der Waals surface area contributed by atoms with Gasteiger partial charge in [-0.2, -0.15) is 5.10 Å². The third-order valence-electron chi connectivity index (χ3n) is 4.25. The first-order valence-electron chi connectivity index (χ1n) is 10.3. The van der Waals surface area contributed by atoms with Crippen LogP contribution in [0, 0.1) is 0 Å². The molecule has 0 saturated heterocycles. The molecular weight excluding hydrogens is 412 g/mol. The molecule has 0 aliphatic heterocycles. The van der Waals surface area contributed by atoms with Crippen molar-refractivity contribution < 1.29 is 23.9 Å². The molecule has 0 unspecified atom stereocenters. The second-order valence-electron chi connectivity index (χ2n) is 6.85. The zero-order valence-corrected chi connectivity index (χ0v) is 18.4. The number of hydrazone groups is 1. The minimum Gasteiger partial charge on any atom is -0.494 e. The summed E-state index contributed by atoms with van der Waals surface area (Å²) in [6, 6.07) is 13.7. The van der Waals surface area contributed by atoms with E-state index in [1.807, 2.05) is 13.8 Å². The Kier molecular flexibility index (Phi) is 9.70. The molecule has 1 atom stereocenters. The summed E-state index contributed by atoms with van der Waals surface area (Å²) in [4.78, 5) is 35.5. The van der Waals surface area contributed by atoms with Gasteiger partial charge in [0.05, 0.1) is 12.8 Å². The molecule has 3 N–H and O–H groups in total. The smallest absolute Gasteiger partial charge is 0.329 e. The minimum atomic E-state index is -0.847. The summed E-state index contributed by atoms with van der Waals surface area (Å²) < 4.78 is 10.9. The van der Waals surface area contributed by atoms with Gasteiger partial charge >= 0.3 is 11.8 Å². The lowest BCUT2D eigenvalue weighted by Crippen LogP contribution is -2.41. The number of hydrogen-bond donors (Lipinski definition) is 3. The molecule has 0 aliphatic rings. The summed E-state index contributed by atoms with van der Waals surface area (Å²) in [5.74, 6) is -0.718. The molecule has 2 aromatic rings. The highest BCUT2D eigenvalue weighted by atomic mass is 16.5. The first kappa shape index (κ1) is 24.4. The number of carbonyl (C=O) groups excluding carboxylic acids is 3. The number of amides is 3. The number of carbonyl (C=O) groups is 3. The predicted octanol–water partition coefficient (Wildman–Crippen LogP) is 2.47. The Bertz CT molecular complexity index is 944. The van der Waals surface area contributed by atoms with Gasteiger partial charge < -0.3 is 20.1 Å². The largest absolute Gasteiger partial charge is 0.494 e. The maximum atomic E-state index is 12.1. The van der Waals surface area contributed by atoms with Crippen LogP contribution in [0.5, 0.6) is 11.5 Å². The van der Waals surface area contributed by atoms with Crippen LogP contribution in [-0.4, -0.2) is 43.2 Å². The van der Waals surface area contributed by atoms with Crippen molar-refractivity contribution in [2.75, 3.05) is 18.5 Å². The average Bonchev–Trinajstić information content (AvgIpc) is 2.79. The summed E-state index contributed by atoms with van der Waals surface area (Å²) in [6.07, 6.45) is 2.09. The molecule has 0 radical (unpaired) electrons. The van der Waals surface area contributed by atoms with E-state index in [0.29, 0.717) is 30.0 Å². The predicted molar refractivity (Wildman–Crippen MR) is 122 cm³/mol. The van der Waals surface area contributed by atoms with Gasteiger partial charge in [0.2, 0.25) is 0 Å². The Morgan fingerprint density at radius 3 is 2.44 bits per heavy atom. The highest BCUT2D eigenvalue weighted by Gasteiger charge is 2.14. The van der Waals surface area contributed by atoms with E-state index in [2.05, 4.69) is 21.2 Å². The third-order valence-corrected chi connectivity index (χ3v) is 4.25. The highest BCUT2D eigenvalue weighted by molar-refractivity contribution is 6.35. The number of hydrogen-bond acceptors (Lipinski definition) is 6. The summed E-state index contributed by atoms with van der Waals surface area (Å²) in [5.41, 5.74) is 3.43. The molecule has 2 rings (SSSR count). The fraction of sp³-hybridized carbons (Fsp3) is 0.304. The molecule has 0 bridgehead atoms. The summed E-state index contributed by atoms with van der Waals surface area (Å²) in [5, 5.41) is 9.07. The number of benzene rings is 2. The Balaban J connectivity index is 1.82. The van der Waals surface area contributed by atoms with Crippen LogP contribution < -0.4 is 25.5 Å². The lowest BCUT2D eigenvalue weighted by Gasteiger charge is -2.09. The van der Waals surface area contributed by atoms with Crippen molar-refractivity contribution >= 4 is 29.6 Å². The molecular formula is C23H28N4O5. The van der Waals surface area contributed by atoms with E-state index >= 15 is 0 Å². The Hall–Kier alpha value is -3.88. The van der Waals surface area contributed by atoms with Crippen molar-refractivity contribution in [3.05, 3.63) is 54.1 Å². The second-order valence-corrected chi connectivity index (χ2v) is 6.85. The van der Waals surface area contributed by atoms with Gasteiger partial charge in [-0.15, -0.1) is 0 Å². The van der Waals surface area contributed by atoms with Gasteiger partial charge in [-0.3, -0.25) is 14.4 Å². The number of nitrogens with zero attached hydrogens (tertiary/aromatic N) is 1. The summed E-state index contributed by atoms with van der Waals surface area (Å²) in [7, 11) is 0. The lowest BCUT2D eigenvalue weighted by molar-refractivity contribution is -0.139. The van der Waals surface area contributed by atoms with E-state index in [1.54, 1.807) is 55.5 Å². The first-order chi connectivity index (χ1) is 15.4. The first-order valence-corrected chi connectivity index (χ1v) is 10.3. The molecule has 170 valence electrons. The Morgan fingerprint density at radius 2 is 1.75 bits per heavy atom. The van der Waals surface area contributed by atoms with Crippen molar-refractivity contribution in [2.45, 2.75) is 33.2 Å². The molecule has 0 aliphatic carbocycles. The Morgan fingerprint density at radius 1 is 1.00 bits per heavy atom. The second kappa shape index (κ2) is 12.7. The highest BCUT2D eigenvalue weighted by Crippen LogP contribution is 2.16. The molecule has 9 nitrogen and oxygen atoms in total. The van der Waals surface area contributed by atoms with Gasteiger partial charge in [0.1, 0.15) is 11.5 Å². The van der Waals surface area contributed by atoms with Crippen LogP contribution in [0.25, 0.3) is 0 Å². The topological polar surface area (TPSA) is 118 Å². The molecule has 0 saturated carbocycles. The molecule has 0 aromatic heterocycles. The van der Waals surface area contributed by atoms with Crippen LogP contribution in [0.15, 0.2) is 53.6 Å². The molecule has 3 amide bonds. The van der Waals surface area contributed by atoms with E-state index in [1.165, 1.54) is 6.21 Å². The quantitative estimate of drug-likeness (QED) is 0.298. The zero-order valence-electron chi connectivity index (χ0n) is 18.4. The Labute approximate surface area is 187 Å². The molecule has 0 fully saturated rings. The standard InChI is InChI=1S/C23H28N4O5/c1-4-16(3)25-22(29)23(30)27-24-14-17-7-6-8-20(13-17)32-15-21(28)26-18-9-11-19(12-10-18)31-5-2/h6-14,16H,4-5,15H2,1-3H3,(H,25,29)(H,26,28)(H,27,30)/b24-14-/t16-/m1/s1. The van der Waals surface area contributed by atoms with Crippen LogP contribution in [0.1, 0.15) is 32.8 Å². The van der Waals surface area contributed by atoms with Crippen LogP contribution in [-0.2, 0) is 14.4 Å². The van der Waals surface area contributed by atoms with E-state index in [-0.39, 0.29) is 18.6 Å². The summed E-state index contributed by atoms with van der Waals surface area (Å²) in [6.45, 7) is 6.00. The van der Waals surface area contributed by atoms with Gasteiger partial charge in [0, 0.05) is 11.7 Å². The van der Waals surface area contributed by atoms with E-state index in [0.717, 1.165) is 5.75 Å². The van der Waals surface area contributed by atoms with Crippen molar-refractivity contribution in [1.29, 1.82) is 0 Å². The minimum absolute atomic E-state index is 0.0994. The van der Waals surface area contributed by atoms with Gasteiger partial charge in [0.25, 0.3) is 5.91 Å². The fourth-order valence-electron chi connectivity index (χ4n) is 2.44. The lowest BCUT2D eigenvalue weighted by atomic mass is 10.2. The average molecular weight is 441 g/mol. The van der Waals surface area contributed by atoms with Gasteiger partial charge in [-0.05, 0) is 62.2 Å². The van der Waals surface area contributed by atoms with Gasteiger partial charge in [0.15, 0.2) is 6.61 Å². The van der Waals surface area contributed by atoms with Crippen molar-refractivity contribution in [3.8, 4) is 11.5 Å². The third kappa shape index (κ3) is 8.47. The summed E-state index contributed by atoms with van der Waals surface area (Å²) >= 11 is 0. The van der Waals surface area contributed by atoms with Crippen molar-refractivity contribution in [2.24, 2.45) is 5.10 Å². The monoisotopic (exact) mass is 440 g/mol. The zero-order chi connectivity index (χ0) is 23.3. The molecule has 2 aromatic carbocycles. The van der Waals surface area contributed by atoms with Crippen LogP contribution in [0.2, 0.25) is 0 Å². The fourth-order valence-corrected chi connectivity index (χ4v) is 2.44. The van der Waals surface area contributed by atoms with Crippen LogP contribution in [0.3, 0.4) is 0 Å². The molecule has 9 heteroatoms.